The Hall–Kier alpha value is -1.56. The van der Waals surface area contributed by atoms with Gasteiger partial charge in [-0.1, -0.05) is 20.8 Å². The lowest BCUT2D eigenvalue weighted by molar-refractivity contribution is 0.420. The van der Waals surface area contributed by atoms with Crippen molar-refractivity contribution >= 4 is 5.69 Å². The normalized spacial score (nSPS) is 10.9. The maximum absolute atomic E-state index is 8.98. The third-order valence-corrected chi connectivity index (χ3v) is 3.34. The summed E-state index contributed by atoms with van der Waals surface area (Å²) < 4.78 is 0. The van der Waals surface area contributed by atoms with Gasteiger partial charge in [0.25, 0.3) is 0 Å². The number of hydrogen-bond donors (Lipinski definition) is 1. The number of hydrogen-bond acceptors (Lipinski definition) is 3. The van der Waals surface area contributed by atoms with Crippen molar-refractivity contribution in [3.63, 3.8) is 0 Å². The topological polar surface area (TPSA) is 48.7 Å². The first-order valence-corrected chi connectivity index (χ1v) is 5.84. The Morgan fingerprint density at radius 3 is 2.44 bits per heavy atom. The average Bonchev–Trinajstić information content (AvgIpc) is 2.36. The molecule has 0 radical (unpaired) electrons. The molecule has 16 heavy (non-hydrogen) atoms. The predicted octanol–water partition coefficient (Wildman–Crippen LogP) is 3.33. The lowest BCUT2D eigenvalue weighted by Crippen LogP contribution is -2.36. The Kier molecular flexibility index (Phi) is 4.30. The second-order valence-corrected chi connectivity index (χ2v) is 3.98. The summed E-state index contributed by atoms with van der Waals surface area (Å²) in [5.74, 6) is 0. The van der Waals surface area contributed by atoms with Crippen molar-refractivity contribution in [3.05, 3.63) is 24.0 Å². The minimum Gasteiger partial charge on any atom is -0.377 e. The van der Waals surface area contributed by atoms with Gasteiger partial charge in [0, 0.05) is 11.7 Å². The maximum Gasteiger partial charge on any atom is 0.163 e. The van der Waals surface area contributed by atoms with E-state index in [9.17, 15) is 0 Å². The van der Waals surface area contributed by atoms with Crippen LogP contribution in [0.3, 0.4) is 0 Å². The van der Waals surface area contributed by atoms with Gasteiger partial charge in [0.05, 0.1) is 5.69 Å². The molecule has 0 fully saturated rings. The summed E-state index contributed by atoms with van der Waals surface area (Å²) >= 11 is 0. The molecule has 0 aliphatic carbocycles. The number of rotatable bonds is 5. The highest BCUT2D eigenvalue weighted by atomic mass is 15.0. The van der Waals surface area contributed by atoms with Crippen molar-refractivity contribution in [2.45, 2.75) is 45.6 Å². The van der Waals surface area contributed by atoms with Gasteiger partial charge in [-0.15, -0.1) is 0 Å². The van der Waals surface area contributed by atoms with Crippen LogP contribution in [-0.2, 0) is 0 Å². The van der Waals surface area contributed by atoms with Crippen molar-refractivity contribution in [2.75, 3.05) is 5.32 Å². The molecule has 0 aliphatic heterocycles. The van der Waals surface area contributed by atoms with Crippen LogP contribution in [0.5, 0.6) is 0 Å². The number of pyridine rings is 1. The fourth-order valence-corrected chi connectivity index (χ4v) is 1.90. The molecule has 0 spiro atoms. The van der Waals surface area contributed by atoms with Gasteiger partial charge in [0.15, 0.2) is 5.69 Å². The second-order valence-electron chi connectivity index (χ2n) is 3.98. The number of nitriles is 1. The maximum atomic E-state index is 8.98. The quantitative estimate of drug-likeness (QED) is 0.823. The molecule has 3 heteroatoms. The van der Waals surface area contributed by atoms with E-state index >= 15 is 0 Å². The number of nitrogens with zero attached hydrogens (tertiary/aromatic N) is 2. The highest BCUT2D eigenvalue weighted by molar-refractivity contribution is 5.54. The van der Waals surface area contributed by atoms with Crippen molar-refractivity contribution < 1.29 is 0 Å². The molecule has 1 aromatic rings. The van der Waals surface area contributed by atoms with Crippen molar-refractivity contribution in [1.82, 2.24) is 4.98 Å². The molecule has 1 rings (SSSR count). The van der Waals surface area contributed by atoms with Crippen LogP contribution in [-0.4, -0.2) is 10.5 Å². The Balaban J connectivity index is 2.99. The number of nitrogens with one attached hydrogen (secondary N) is 1. The fourth-order valence-electron chi connectivity index (χ4n) is 1.90. The molecule has 0 saturated carbocycles. The zero-order valence-corrected chi connectivity index (χ0v) is 10.2. The third kappa shape index (κ3) is 2.52. The molecule has 1 heterocycles. The zero-order chi connectivity index (χ0) is 12.0. The monoisotopic (exact) mass is 217 g/mol. The molecule has 0 amide bonds. The van der Waals surface area contributed by atoms with E-state index in [2.05, 4.69) is 37.1 Å². The Bertz CT molecular complexity index is 367. The Morgan fingerprint density at radius 2 is 1.94 bits per heavy atom. The SMILES string of the molecule is CCC(CC)(CC)Nc1cccnc1C#N. The summed E-state index contributed by atoms with van der Waals surface area (Å²) in [6.45, 7) is 6.51. The van der Waals surface area contributed by atoms with Crippen LogP contribution in [0.4, 0.5) is 5.69 Å². The van der Waals surface area contributed by atoms with E-state index in [1.165, 1.54) is 0 Å². The molecule has 86 valence electrons. The smallest absolute Gasteiger partial charge is 0.163 e. The van der Waals surface area contributed by atoms with Gasteiger partial charge < -0.3 is 5.32 Å². The van der Waals surface area contributed by atoms with Crippen molar-refractivity contribution in [1.29, 1.82) is 5.26 Å². The molecule has 1 N–H and O–H groups in total. The van der Waals surface area contributed by atoms with E-state index in [1.54, 1.807) is 6.20 Å². The van der Waals surface area contributed by atoms with Gasteiger partial charge in [0.2, 0.25) is 0 Å². The summed E-state index contributed by atoms with van der Waals surface area (Å²) in [5.41, 5.74) is 1.40. The molecular formula is C13H19N3. The molecule has 3 nitrogen and oxygen atoms in total. The highest BCUT2D eigenvalue weighted by Crippen LogP contribution is 2.26. The lowest BCUT2D eigenvalue weighted by atomic mass is 9.89. The van der Waals surface area contributed by atoms with Crippen LogP contribution in [0.15, 0.2) is 18.3 Å². The second kappa shape index (κ2) is 5.50. The van der Waals surface area contributed by atoms with Crippen LogP contribution in [0, 0.1) is 11.3 Å². The summed E-state index contributed by atoms with van der Waals surface area (Å²) in [6, 6.07) is 5.89. The summed E-state index contributed by atoms with van der Waals surface area (Å²) in [7, 11) is 0. The van der Waals surface area contributed by atoms with Gasteiger partial charge in [0.1, 0.15) is 6.07 Å². The average molecular weight is 217 g/mol. The standard InChI is InChI=1S/C13H19N3/c1-4-13(5-2,6-3)16-11-8-7-9-15-12(11)10-14/h7-9,16H,4-6H2,1-3H3. The van der Waals surface area contributed by atoms with E-state index in [-0.39, 0.29) is 5.54 Å². The van der Waals surface area contributed by atoms with Crippen LogP contribution in [0.1, 0.15) is 45.7 Å². The molecule has 0 aliphatic rings. The first kappa shape index (κ1) is 12.5. The van der Waals surface area contributed by atoms with Gasteiger partial charge in [-0.05, 0) is 31.4 Å². The van der Waals surface area contributed by atoms with Gasteiger partial charge >= 0.3 is 0 Å². The van der Waals surface area contributed by atoms with E-state index in [0.717, 1.165) is 24.9 Å². The molecular weight excluding hydrogens is 198 g/mol. The summed E-state index contributed by atoms with van der Waals surface area (Å²) in [5, 5.41) is 12.5. The highest BCUT2D eigenvalue weighted by Gasteiger charge is 2.24. The van der Waals surface area contributed by atoms with Gasteiger partial charge in [-0.25, -0.2) is 4.98 Å². The van der Waals surface area contributed by atoms with E-state index in [4.69, 9.17) is 5.26 Å². The van der Waals surface area contributed by atoms with Gasteiger partial charge in [-0.3, -0.25) is 0 Å². The van der Waals surface area contributed by atoms with E-state index in [1.807, 2.05) is 12.1 Å². The molecule has 0 aromatic carbocycles. The van der Waals surface area contributed by atoms with Gasteiger partial charge in [-0.2, -0.15) is 5.26 Å². The largest absolute Gasteiger partial charge is 0.377 e. The Morgan fingerprint density at radius 1 is 1.31 bits per heavy atom. The first-order valence-electron chi connectivity index (χ1n) is 5.84. The fraction of sp³-hybridized carbons (Fsp3) is 0.538. The van der Waals surface area contributed by atoms with Crippen LogP contribution >= 0.6 is 0 Å². The zero-order valence-electron chi connectivity index (χ0n) is 10.2. The van der Waals surface area contributed by atoms with E-state index < -0.39 is 0 Å². The molecule has 1 aromatic heterocycles. The van der Waals surface area contributed by atoms with Crippen LogP contribution in [0.25, 0.3) is 0 Å². The third-order valence-electron chi connectivity index (χ3n) is 3.34. The van der Waals surface area contributed by atoms with Crippen molar-refractivity contribution in [3.8, 4) is 6.07 Å². The summed E-state index contributed by atoms with van der Waals surface area (Å²) in [6.07, 6.45) is 4.77. The van der Waals surface area contributed by atoms with Crippen LogP contribution < -0.4 is 5.32 Å². The van der Waals surface area contributed by atoms with E-state index in [0.29, 0.717) is 5.69 Å². The number of aromatic nitrogens is 1. The summed E-state index contributed by atoms with van der Waals surface area (Å²) in [4.78, 5) is 4.06. The van der Waals surface area contributed by atoms with Crippen LogP contribution in [0.2, 0.25) is 0 Å². The lowest BCUT2D eigenvalue weighted by Gasteiger charge is -2.33. The minimum absolute atomic E-state index is 0.0780. The van der Waals surface area contributed by atoms with Crippen molar-refractivity contribution in [2.24, 2.45) is 0 Å². The predicted molar refractivity (Wildman–Crippen MR) is 66.2 cm³/mol. The first-order chi connectivity index (χ1) is 7.71. The minimum atomic E-state index is 0.0780. The molecule has 0 atom stereocenters. The molecule has 0 unspecified atom stereocenters. The molecule has 0 saturated heterocycles. The Labute approximate surface area is 97.5 Å². The number of anilines is 1. The molecule has 0 bridgehead atoms.